The molecule has 1 amide bonds. The van der Waals surface area contributed by atoms with Gasteiger partial charge in [-0.15, -0.1) is 11.3 Å². The first-order chi connectivity index (χ1) is 6.84. The molecule has 1 rings (SSSR count). The summed E-state index contributed by atoms with van der Waals surface area (Å²) in [6.07, 6.45) is 6.36. The number of carbonyl (C=O) groups excluding carboxylic acids is 1. The van der Waals surface area contributed by atoms with Crippen LogP contribution < -0.4 is 5.32 Å². The van der Waals surface area contributed by atoms with Crippen molar-refractivity contribution in [3.8, 4) is 0 Å². The van der Waals surface area contributed by atoms with Crippen LogP contribution in [0.3, 0.4) is 0 Å². The fourth-order valence-corrected chi connectivity index (χ4v) is 1.72. The molecule has 0 aliphatic rings. The summed E-state index contributed by atoms with van der Waals surface area (Å²) in [5, 5.41) is 5.22. The lowest BCUT2D eigenvalue weighted by molar-refractivity contribution is 0.0952. The van der Waals surface area contributed by atoms with Crippen molar-refractivity contribution in [2.24, 2.45) is 0 Å². The molecule has 1 aromatic heterocycles. The Morgan fingerprint density at radius 1 is 1.50 bits per heavy atom. The number of amides is 1. The lowest BCUT2D eigenvalue weighted by Crippen LogP contribution is -2.24. The van der Waals surface area contributed by atoms with Crippen molar-refractivity contribution in [2.75, 3.05) is 6.54 Å². The minimum absolute atomic E-state index is 0.0449. The Labute approximate surface area is 88.6 Å². The molecule has 4 heteroatoms. The second kappa shape index (κ2) is 6.54. The van der Waals surface area contributed by atoms with Gasteiger partial charge in [-0.1, -0.05) is 26.2 Å². The highest BCUT2D eigenvalue weighted by Crippen LogP contribution is 2.03. The maximum Gasteiger partial charge on any atom is 0.280 e. The number of nitrogens with zero attached hydrogens (tertiary/aromatic N) is 1. The molecule has 3 nitrogen and oxygen atoms in total. The van der Waals surface area contributed by atoms with E-state index in [0.717, 1.165) is 13.0 Å². The van der Waals surface area contributed by atoms with E-state index < -0.39 is 0 Å². The molecule has 0 atom stereocenters. The summed E-state index contributed by atoms with van der Waals surface area (Å²) >= 11 is 1.38. The molecule has 78 valence electrons. The van der Waals surface area contributed by atoms with E-state index >= 15 is 0 Å². The van der Waals surface area contributed by atoms with E-state index in [-0.39, 0.29) is 5.91 Å². The van der Waals surface area contributed by atoms with Gasteiger partial charge in [-0.05, 0) is 6.42 Å². The fourth-order valence-electron chi connectivity index (χ4n) is 1.16. The van der Waals surface area contributed by atoms with E-state index in [9.17, 15) is 4.79 Å². The molecule has 0 unspecified atom stereocenters. The van der Waals surface area contributed by atoms with Crippen molar-refractivity contribution < 1.29 is 4.79 Å². The second-order valence-corrected chi connectivity index (χ2v) is 4.05. The van der Waals surface area contributed by atoms with Crippen molar-refractivity contribution in [2.45, 2.75) is 32.6 Å². The quantitative estimate of drug-likeness (QED) is 0.736. The molecule has 0 aromatic carbocycles. The first-order valence-electron chi connectivity index (χ1n) is 5.02. The molecular formula is C10H16N2OS. The molecule has 0 spiro atoms. The Morgan fingerprint density at radius 3 is 3.00 bits per heavy atom. The summed E-state index contributed by atoms with van der Waals surface area (Å²) in [5.41, 5.74) is 0. The number of rotatable bonds is 6. The lowest BCUT2D eigenvalue weighted by Gasteiger charge is -2.01. The van der Waals surface area contributed by atoms with Gasteiger partial charge in [-0.25, -0.2) is 4.98 Å². The van der Waals surface area contributed by atoms with Gasteiger partial charge >= 0.3 is 0 Å². The third-order valence-corrected chi connectivity index (χ3v) is 2.71. The van der Waals surface area contributed by atoms with Crippen LogP contribution in [0.25, 0.3) is 0 Å². The highest BCUT2D eigenvalue weighted by molar-refractivity contribution is 7.11. The molecule has 0 radical (unpaired) electrons. The Morgan fingerprint density at radius 2 is 2.36 bits per heavy atom. The summed E-state index contributed by atoms with van der Waals surface area (Å²) in [5.74, 6) is -0.0449. The predicted octanol–water partition coefficient (Wildman–Crippen LogP) is 2.45. The summed E-state index contributed by atoms with van der Waals surface area (Å²) in [4.78, 5) is 15.3. The normalized spacial score (nSPS) is 10.1. The molecule has 0 saturated heterocycles. The molecule has 1 N–H and O–H groups in total. The molecule has 1 aromatic rings. The van der Waals surface area contributed by atoms with Gasteiger partial charge in [0.15, 0.2) is 5.01 Å². The minimum Gasteiger partial charge on any atom is -0.350 e. The minimum atomic E-state index is -0.0449. The van der Waals surface area contributed by atoms with E-state index in [2.05, 4.69) is 17.2 Å². The predicted molar refractivity (Wildman–Crippen MR) is 58.6 cm³/mol. The standard InChI is InChI=1S/C10H16N2OS/c1-2-3-4-5-6-11-9(13)10-12-7-8-14-10/h7-8H,2-6H2,1H3,(H,11,13). The summed E-state index contributed by atoms with van der Waals surface area (Å²) in [6.45, 7) is 2.94. The Bertz CT molecular complexity index is 259. The van der Waals surface area contributed by atoms with Gasteiger partial charge < -0.3 is 5.32 Å². The maximum atomic E-state index is 11.4. The zero-order chi connectivity index (χ0) is 10.2. The van der Waals surface area contributed by atoms with Crippen LogP contribution in [0.15, 0.2) is 11.6 Å². The number of thiazole rings is 1. The van der Waals surface area contributed by atoms with E-state index in [4.69, 9.17) is 0 Å². The molecule has 0 aliphatic carbocycles. The number of carbonyl (C=O) groups is 1. The van der Waals surface area contributed by atoms with Crippen LogP contribution in [0, 0.1) is 0 Å². The Balaban J connectivity index is 2.10. The highest BCUT2D eigenvalue weighted by Gasteiger charge is 2.05. The second-order valence-electron chi connectivity index (χ2n) is 3.15. The van der Waals surface area contributed by atoms with Crippen LogP contribution in [-0.4, -0.2) is 17.4 Å². The monoisotopic (exact) mass is 212 g/mol. The average molecular weight is 212 g/mol. The maximum absolute atomic E-state index is 11.4. The van der Waals surface area contributed by atoms with Crippen molar-refractivity contribution in [1.29, 1.82) is 0 Å². The molecule has 0 bridgehead atoms. The number of aromatic nitrogens is 1. The van der Waals surface area contributed by atoms with E-state index in [1.54, 1.807) is 6.20 Å². The first kappa shape index (κ1) is 11.2. The lowest BCUT2D eigenvalue weighted by atomic mass is 10.2. The zero-order valence-corrected chi connectivity index (χ0v) is 9.27. The topological polar surface area (TPSA) is 42.0 Å². The van der Waals surface area contributed by atoms with Gasteiger partial charge in [-0.3, -0.25) is 4.79 Å². The summed E-state index contributed by atoms with van der Waals surface area (Å²) in [7, 11) is 0. The number of nitrogens with one attached hydrogen (secondary N) is 1. The molecule has 0 aliphatic heterocycles. The van der Waals surface area contributed by atoms with Crippen LogP contribution >= 0.6 is 11.3 Å². The molecule has 0 saturated carbocycles. The molecule has 14 heavy (non-hydrogen) atoms. The summed E-state index contributed by atoms with van der Waals surface area (Å²) in [6, 6.07) is 0. The smallest absolute Gasteiger partial charge is 0.280 e. The van der Waals surface area contributed by atoms with Gasteiger partial charge in [0, 0.05) is 18.1 Å². The summed E-state index contributed by atoms with van der Waals surface area (Å²) < 4.78 is 0. The molecule has 1 heterocycles. The van der Waals surface area contributed by atoms with E-state index in [1.807, 2.05) is 5.38 Å². The first-order valence-corrected chi connectivity index (χ1v) is 5.90. The number of unbranched alkanes of at least 4 members (excludes halogenated alkanes) is 3. The third-order valence-electron chi connectivity index (χ3n) is 1.94. The van der Waals surface area contributed by atoms with Crippen LogP contribution in [0.4, 0.5) is 0 Å². The molecular weight excluding hydrogens is 196 g/mol. The van der Waals surface area contributed by atoms with Crippen molar-refractivity contribution >= 4 is 17.2 Å². The molecule has 0 fully saturated rings. The van der Waals surface area contributed by atoms with Gasteiger partial charge in [0.25, 0.3) is 5.91 Å². The number of hydrogen-bond donors (Lipinski definition) is 1. The van der Waals surface area contributed by atoms with Gasteiger partial charge in [0.2, 0.25) is 0 Å². The van der Waals surface area contributed by atoms with Crippen molar-refractivity contribution in [3.63, 3.8) is 0 Å². The Hall–Kier alpha value is -0.900. The van der Waals surface area contributed by atoms with E-state index in [0.29, 0.717) is 5.01 Å². The largest absolute Gasteiger partial charge is 0.350 e. The number of hydrogen-bond acceptors (Lipinski definition) is 3. The van der Waals surface area contributed by atoms with Crippen molar-refractivity contribution in [3.05, 3.63) is 16.6 Å². The zero-order valence-electron chi connectivity index (χ0n) is 8.45. The van der Waals surface area contributed by atoms with Gasteiger partial charge in [-0.2, -0.15) is 0 Å². The van der Waals surface area contributed by atoms with Crippen LogP contribution in [0.5, 0.6) is 0 Å². The Kier molecular flexibility index (Phi) is 5.22. The van der Waals surface area contributed by atoms with Gasteiger partial charge in [0.1, 0.15) is 0 Å². The average Bonchev–Trinajstić information content (AvgIpc) is 2.70. The van der Waals surface area contributed by atoms with Gasteiger partial charge in [0.05, 0.1) is 0 Å². The van der Waals surface area contributed by atoms with Crippen LogP contribution in [0.1, 0.15) is 42.4 Å². The van der Waals surface area contributed by atoms with Crippen LogP contribution in [-0.2, 0) is 0 Å². The SMILES string of the molecule is CCCCCCNC(=O)c1nccs1. The third kappa shape index (κ3) is 3.87. The van der Waals surface area contributed by atoms with Crippen molar-refractivity contribution in [1.82, 2.24) is 10.3 Å². The van der Waals surface area contributed by atoms with Crippen LogP contribution in [0.2, 0.25) is 0 Å². The van der Waals surface area contributed by atoms with E-state index in [1.165, 1.54) is 30.6 Å². The fraction of sp³-hybridized carbons (Fsp3) is 0.600. The highest BCUT2D eigenvalue weighted by atomic mass is 32.1.